The van der Waals surface area contributed by atoms with Crippen molar-refractivity contribution >= 4 is 16.3 Å². The van der Waals surface area contributed by atoms with Crippen LogP contribution in [0, 0.1) is 6.92 Å². The molecule has 0 saturated heterocycles. The molecule has 0 unspecified atom stereocenters. The van der Waals surface area contributed by atoms with Gasteiger partial charge in [0.05, 0.1) is 5.69 Å². The highest BCUT2D eigenvalue weighted by atomic mass is 32.1. The minimum atomic E-state index is 0.977. The Morgan fingerprint density at radius 3 is 2.93 bits per heavy atom. The van der Waals surface area contributed by atoms with E-state index in [9.17, 15) is 0 Å². The maximum absolute atomic E-state index is 4.56. The summed E-state index contributed by atoms with van der Waals surface area (Å²) in [5.41, 5.74) is 3.24. The van der Waals surface area contributed by atoms with Crippen molar-refractivity contribution in [3.8, 4) is 11.4 Å². The van der Waals surface area contributed by atoms with Gasteiger partial charge in [0, 0.05) is 30.5 Å². The van der Waals surface area contributed by atoms with Gasteiger partial charge < -0.3 is 0 Å². The van der Waals surface area contributed by atoms with Gasteiger partial charge >= 0.3 is 0 Å². The SMILES string of the molecule is Cc1csc2nc(-c3ccnn3C)cn12. The number of thiazole rings is 1. The van der Waals surface area contributed by atoms with Crippen molar-refractivity contribution in [3.63, 3.8) is 0 Å². The van der Waals surface area contributed by atoms with E-state index in [2.05, 4.69) is 33.0 Å². The van der Waals surface area contributed by atoms with E-state index < -0.39 is 0 Å². The molecular weight excluding hydrogens is 208 g/mol. The minimum Gasteiger partial charge on any atom is -0.294 e. The molecule has 76 valence electrons. The average Bonchev–Trinajstić information content (AvgIpc) is 2.84. The van der Waals surface area contributed by atoms with Gasteiger partial charge in [-0.05, 0) is 13.0 Å². The molecule has 0 atom stereocenters. The summed E-state index contributed by atoms with van der Waals surface area (Å²) in [6.07, 6.45) is 3.84. The summed E-state index contributed by atoms with van der Waals surface area (Å²) in [5, 5.41) is 6.25. The molecule has 3 aromatic rings. The Morgan fingerprint density at radius 2 is 2.27 bits per heavy atom. The monoisotopic (exact) mass is 218 g/mol. The van der Waals surface area contributed by atoms with Crippen molar-refractivity contribution < 1.29 is 0 Å². The predicted molar refractivity (Wildman–Crippen MR) is 60.0 cm³/mol. The average molecular weight is 218 g/mol. The third-order valence-electron chi connectivity index (χ3n) is 2.47. The van der Waals surface area contributed by atoms with Crippen LogP contribution in [0.4, 0.5) is 0 Å². The highest BCUT2D eigenvalue weighted by Crippen LogP contribution is 2.22. The number of aromatic nitrogens is 4. The van der Waals surface area contributed by atoms with Gasteiger partial charge in [0.25, 0.3) is 0 Å². The fourth-order valence-electron chi connectivity index (χ4n) is 1.64. The number of fused-ring (bicyclic) bond motifs is 1. The van der Waals surface area contributed by atoms with Crippen LogP contribution in [0.5, 0.6) is 0 Å². The summed E-state index contributed by atoms with van der Waals surface area (Å²) in [6, 6.07) is 1.97. The van der Waals surface area contributed by atoms with Crippen molar-refractivity contribution in [1.82, 2.24) is 19.2 Å². The molecular formula is C10H10N4S. The molecule has 3 aromatic heterocycles. The van der Waals surface area contributed by atoms with Crippen LogP contribution < -0.4 is 0 Å². The lowest BCUT2D eigenvalue weighted by atomic mass is 10.3. The molecule has 0 aromatic carbocycles. The Kier molecular flexibility index (Phi) is 1.70. The Balaban J connectivity index is 2.24. The van der Waals surface area contributed by atoms with Crippen molar-refractivity contribution in [2.75, 3.05) is 0 Å². The zero-order valence-corrected chi connectivity index (χ0v) is 9.32. The van der Waals surface area contributed by atoms with Crippen molar-refractivity contribution in [2.24, 2.45) is 7.05 Å². The van der Waals surface area contributed by atoms with Crippen LogP contribution in [0.25, 0.3) is 16.3 Å². The lowest BCUT2D eigenvalue weighted by Gasteiger charge is -1.95. The molecule has 0 amide bonds. The van der Waals surface area contributed by atoms with E-state index in [1.807, 2.05) is 17.8 Å². The van der Waals surface area contributed by atoms with E-state index in [0.717, 1.165) is 16.3 Å². The molecule has 0 bridgehead atoms. The van der Waals surface area contributed by atoms with Gasteiger partial charge in [-0.15, -0.1) is 11.3 Å². The summed E-state index contributed by atoms with van der Waals surface area (Å²) in [7, 11) is 1.93. The summed E-state index contributed by atoms with van der Waals surface area (Å²) in [5.74, 6) is 0. The minimum absolute atomic E-state index is 0.977. The van der Waals surface area contributed by atoms with Gasteiger partial charge in [-0.2, -0.15) is 5.10 Å². The summed E-state index contributed by atoms with van der Waals surface area (Å²) >= 11 is 1.66. The Hall–Kier alpha value is -1.62. The lowest BCUT2D eigenvalue weighted by Crippen LogP contribution is -1.92. The van der Waals surface area contributed by atoms with E-state index in [4.69, 9.17) is 0 Å². The van der Waals surface area contributed by atoms with Gasteiger partial charge in [0.2, 0.25) is 0 Å². The van der Waals surface area contributed by atoms with E-state index in [-0.39, 0.29) is 0 Å². The quantitative estimate of drug-likeness (QED) is 0.627. The number of hydrogen-bond acceptors (Lipinski definition) is 3. The number of imidazole rings is 1. The summed E-state index contributed by atoms with van der Waals surface area (Å²) in [4.78, 5) is 5.59. The zero-order chi connectivity index (χ0) is 10.4. The second-order valence-electron chi connectivity index (χ2n) is 3.50. The van der Waals surface area contributed by atoms with Gasteiger partial charge in [-0.3, -0.25) is 9.08 Å². The normalized spacial score (nSPS) is 11.3. The Labute approximate surface area is 90.8 Å². The largest absolute Gasteiger partial charge is 0.294 e. The van der Waals surface area contributed by atoms with Gasteiger partial charge in [0.1, 0.15) is 5.69 Å². The predicted octanol–water partition coefficient (Wildman–Crippen LogP) is 2.10. The first kappa shape index (κ1) is 8.67. The van der Waals surface area contributed by atoms with E-state index in [1.54, 1.807) is 17.5 Å². The van der Waals surface area contributed by atoms with Crippen LogP contribution in [0.2, 0.25) is 0 Å². The van der Waals surface area contributed by atoms with Crippen molar-refractivity contribution in [2.45, 2.75) is 6.92 Å². The molecule has 0 aliphatic heterocycles. The molecule has 3 heterocycles. The fraction of sp³-hybridized carbons (Fsp3) is 0.200. The van der Waals surface area contributed by atoms with E-state index in [1.165, 1.54) is 5.69 Å². The molecule has 0 fully saturated rings. The molecule has 0 spiro atoms. The third-order valence-corrected chi connectivity index (χ3v) is 3.43. The number of hydrogen-bond donors (Lipinski definition) is 0. The first-order valence-corrected chi connectivity index (χ1v) is 5.55. The highest BCUT2D eigenvalue weighted by molar-refractivity contribution is 7.15. The molecule has 3 rings (SSSR count). The van der Waals surface area contributed by atoms with Gasteiger partial charge in [-0.1, -0.05) is 0 Å². The first-order valence-electron chi connectivity index (χ1n) is 4.67. The summed E-state index contributed by atoms with van der Waals surface area (Å²) in [6.45, 7) is 2.08. The Morgan fingerprint density at radius 1 is 1.40 bits per heavy atom. The number of aryl methyl sites for hydroxylation is 2. The molecule has 0 radical (unpaired) electrons. The van der Waals surface area contributed by atoms with Crippen LogP contribution in [-0.4, -0.2) is 19.2 Å². The maximum Gasteiger partial charge on any atom is 0.194 e. The zero-order valence-electron chi connectivity index (χ0n) is 8.51. The molecule has 15 heavy (non-hydrogen) atoms. The summed E-state index contributed by atoms with van der Waals surface area (Å²) < 4.78 is 3.94. The van der Waals surface area contributed by atoms with Crippen LogP contribution in [-0.2, 0) is 7.05 Å². The molecule has 0 saturated carbocycles. The molecule has 5 heteroatoms. The molecule has 0 aliphatic rings. The third kappa shape index (κ3) is 1.20. The fourth-order valence-corrected chi connectivity index (χ4v) is 2.49. The van der Waals surface area contributed by atoms with Crippen molar-refractivity contribution in [3.05, 3.63) is 29.5 Å². The van der Waals surface area contributed by atoms with E-state index >= 15 is 0 Å². The Bertz CT molecular complexity index is 616. The van der Waals surface area contributed by atoms with Gasteiger partial charge in [-0.25, -0.2) is 4.98 Å². The van der Waals surface area contributed by atoms with E-state index in [0.29, 0.717) is 0 Å². The van der Waals surface area contributed by atoms with Crippen LogP contribution >= 0.6 is 11.3 Å². The lowest BCUT2D eigenvalue weighted by molar-refractivity contribution is 0.774. The second kappa shape index (κ2) is 2.93. The molecule has 0 N–H and O–H groups in total. The smallest absolute Gasteiger partial charge is 0.194 e. The number of nitrogens with zero attached hydrogens (tertiary/aromatic N) is 4. The van der Waals surface area contributed by atoms with Crippen LogP contribution in [0.15, 0.2) is 23.8 Å². The number of rotatable bonds is 1. The molecule has 4 nitrogen and oxygen atoms in total. The second-order valence-corrected chi connectivity index (χ2v) is 4.33. The molecule has 0 aliphatic carbocycles. The van der Waals surface area contributed by atoms with Crippen LogP contribution in [0.3, 0.4) is 0 Å². The maximum atomic E-state index is 4.56. The van der Waals surface area contributed by atoms with Crippen molar-refractivity contribution in [1.29, 1.82) is 0 Å². The standard InChI is InChI=1S/C10H10N4S/c1-7-6-15-10-12-8(5-14(7)10)9-3-4-11-13(9)2/h3-6H,1-2H3. The van der Waals surface area contributed by atoms with Gasteiger partial charge in [0.15, 0.2) is 4.96 Å². The first-order chi connectivity index (χ1) is 7.25. The van der Waals surface area contributed by atoms with Crippen LogP contribution in [0.1, 0.15) is 5.69 Å². The highest BCUT2D eigenvalue weighted by Gasteiger charge is 2.09. The topological polar surface area (TPSA) is 35.1 Å².